The summed E-state index contributed by atoms with van der Waals surface area (Å²) in [6, 6.07) is 24.3. The number of nitrogens with one attached hydrogen (secondary N) is 1. The van der Waals surface area contributed by atoms with Crippen molar-refractivity contribution in [2.75, 3.05) is 5.32 Å². The van der Waals surface area contributed by atoms with Crippen LogP contribution in [0.2, 0.25) is 0 Å². The van der Waals surface area contributed by atoms with E-state index in [0.29, 0.717) is 5.56 Å². The molecule has 0 radical (unpaired) electrons. The highest BCUT2D eigenvalue weighted by Crippen LogP contribution is 2.23. The van der Waals surface area contributed by atoms with Crippen molar-refractivity contribution in [2.45, 2.75) is 6.92 Å². The lowest BCUT2D eigenvalue weighted by Gasteiger charge is -2.08. The predicted octanol–water partition coefficient (Wildman–Crippen LogP) is 5.04. The SMILES string of the molecule is Cc1ccc(Oc2ccc(NC(=O)c3ccccc3)cc2)cc1. The molecule has 0 aromatic heterocycles. The fourth-order valence-corrected chi connectivity index (χ4v) is 2.14. The Morgan fingerprint density at radius 3 is 1.96 bits per heavy atom. The molecule has 3 nitrogen and oxygen atoms in total. The van der Waals surface area contributed by atoms with Gasteiger partial charge in [-0.2, -0.15) is 0 Å². The minimum absolute atomic E-state index is 0.127. The van der Waals surface area contributed by atoms with Crippen molar-refractivity contribution in [1.82, 2.24) is 0 Å². The Bertz CT molecular complexity index is 778. The third-order valence-corrected chi connectivity index (χ3v) is 3.40. The van der Waals surface area contributed by atoms with E-state index in [1.807, 2.05) is 73.7 Å². The van der Waals surface area contributed by atoms with Gasteiger partial charge in [0.25, 0.3) is 5.91 Å². The van der Waals surface area contributed by atoms with Gasteiger partial charge in [0.05, 0.1) is 0 Å². The van der Waals surface area contributed by atoms with E-state index in [0.717, 1.165) is 17.2 Å². The highest BCUT2D eigenvalue weighted by atomic mass is 16.5. The fourth-order valence-electron chi connectivity index (χ4n) is 2.14. The summed E-state index contributed by atoms with van der Waals surface area (Å²) in [6.45, 7) is 2.04. The van der Waals surface area contributed by atoms with E-state index in [1.54, 1.807) is 12.1 Å². The second-order valence-electron chi connectivity index (χ2n) is 5.26. The van der Waals surface area contributed by atoms with Crippen molar-refractivity contribution in [3.05, 3.63) is 90.0 Å². The molecule has 3 aromatic rings. The van der Waals surface area contributed by atoms with E-state index in [1.165, 1.54) is 5.56 Å². The molecule has 0 bridgehead atoms. The maximum absolute atomic E-state index is 12.1. The Balaban J connectivity index is 1.65. The minimum Gasteiger partial charge on any atom is -0.457 e. The second kappa shape index (κ2) is 6.79. The van der Waals surface area contributed by atoms with Crippen LogP contribution in [-0.4, -0.2) is 5.91 Å². The molecule has 0 saturated carbocycles. The van der Waals surface area contributed by atoms with Crippen LogP contribution in [0.25, 0.3) is 0 Å². The maximum atomic E-state index is 12.1. The van der Waals surface area contributed by atoms with E-state index in [2.05, 4.69) is 5.32 Å². The summed E-state index contributed by atoms with van der Waals surface area (Å²) in [5, 5.41) is 2.86. The standard InChI is InChI=1S/C20H17NO2/c1-15-7-11-18(12-8-15)23-19-13-9-17(10-14-19)21-20(22)16-5-3-2-4-6-16/h2-14H,1H3,(H,21,22). The van der Waals surface area contributed by atoms with Gasteiger partial charge in [-0.15, -0.1) is 0 Å². The van der Waals surface area contributed by atoms with Gasteiger partial charge in [-0.25, -0.2) is 0 Å². The average molecular weight is 303 g/mol. The lowest BCUT2D eigenvalue weighted by Crippen LogP contribution is -2.11. The number of carbonyl (C=O) groups is 1. The number of benzene rings is 3. The largest absolute Gasteiger partial charge is 0.457 e. The van der Waals surface area contributed by atoms with Gasteiger partial charge in [-0.05, 0) is 55.5 Å². The molecule has 0 unspecified atom stereocenters. The van der Waals surface area contributed by atoms with Gasteiger partial charge >= 0.3 is 0 Å². The topological polar surface area (TPSA) is 38.3 Å². The zero-order chi connectivity index (χ0) is 16.1. The van der Waals surface area contributed by atoms with Crippen LogP contribution in [0.3, 0.4) is 0 Å². The van der Waals surface area contributed by atoms with Gasteiger partial charge in [-0.3, -0.25) is 4.79 Å². The van der Waals surface area contributed by atoms with Crippen LogP contribution in [0.5, 0.6) is 11.5 Å². The molecule has 0 spiro atoms. The summed E-state index contributed by atoms with van der Waals surface area (Å²) in [5.74, 6) is 1.39. The Hall–Kier alpha value is -3.07. The van der Waals surface area contributed by atoms with Gasteiger partial charge in [0, 0.05) is 11.3 Å². The van der Waals surface area contributed by atoms with E-state index < -0.39 is 0 Å². The normalized spacial score (nSPS) is 10.1. The zero-order valence-corrected chi connectivity index (χ0v) is 12.8. The van der Waals surface area contributed by atoms with Crippen LogP contribution >= 0.6 is 0 Å². The number of rotatable bonds is 4. The Morgan fingerprint density at radius 2 is 1.35 bits per heavy atom. The smallest absolute Gasteiger partial charge is 0.255 e. The van der Waals surface area contributed by atoms with E-state index in [-0.39, 0.29) is 5.91 Å². The highest BCUT2D eigenvalue weighted by molar-refractivity contribution is 6.04. The molecule has 0 saturated heterocycles. The molecule has 114 valence electrons. The van der Waals surface area contributed by atoms with E-state index in [9.17, 15) is 4.79 Å². The third kappa shape index (κ3) is 3.98. The van der Waals surface area contributed by atoms with Crippen molar-refractivity contribution < 1.29 is 9.53 Å². The molecule has 1 N–H and O–H groups in total. The number of anilines is 1. The summed E-state index contributed by atoms with van der Waals surface area (Å²) in [7, 11) is 0. The number of hydrogen-bond donors (Lipinski definition) is 1. The van der Waals surface area contributed by atoms with Gasteiger partial charge in [-0.1, -0.05) is 35.9 Å². The quantitative estimate of drug-likeness (QED) is 0.733. The summed E-state index contributed by atoms with van der Waals surface area (Å²) in [5.41, 5.74) is 2.55. The molecular weight excluding hydrogens is 286 g/mol. The first-order chi connectivity index (χ1) is 11.2. The molecule has 3 rings (SSSR count). The molecule has 0 aliphatic rings. The van der Waals surface area contributed by atoms with Gasteiger partial charge in [0.15, 0.2) is 0 Å². The van der Waals surface area contributed by atoms with Crippen molar-refractivity contribution in [3.63, 3.8) is 0 Å². The van der Waals surface area contributed by atoms with Crippen LogP contribution < -0.4 is 10.1 Å². The second-order valence-corrected chi connectivity index (χ2v) is 5.26. The minimum atomic E-state index is -0.127. The van der Waals surface area contributed by atoms with E-state index >= 15 is 0 Å². The first-order valence-electron chi connectivity index (χ1n) is 7.42. The van der Waals surface area contributed by atoms with Crippen LogP contribution in [0.15, 0.2) is 78.9 Å². The average Bonchev–Trinajstić information content (AvgIpc) is 2.59. The molecule has 0 fully saturated rings. The zero-order valence-electron chi connectivity index (χ0n) is 12.8. The summed E-state index contributed by atoms with van der Waals surface area (Å²) < 4.78 is 5.77. The number of amides is 1. The summed E-state index contributed by atoms with van der Waals surface area (Å²) in [6.07, 6.45) is 0. The predicted molar refractivity (Wildman–Crippen MR) is 92.1 cm³/mol. The van der Waals surface area contributed by atoms with Crippen LogP contribution in [0.4, 0.5) is 5.69 Å². The Labute approximate surface area is 135 Å². The number of hydrogen-bond acceptors (Lipinski definition) is 2. The van der Waals surface area contributed by atoms with Gasteiger partial charge in [0.2, 0.25) is 0 Å². The highest BCUT2D eigenvalue weighted by Gasteiger charge is 2.05. The molecule has 3 aromatic carbocycles. The number of carbonyl (C=O) groups excluding carboxylic acids is 1. The lowest BCUT2D eigenvalue weighted by atomic mass is 10.2. The molecule has 0 heterocycles. The van der Waals surface area contributed by atoms with Gasteiger partial charge in [0.1, 0.15) is 11.5 Å². The first-order valence-corrected chi connectivity index (χ1v) is 7.42. The summed E-state index contributed by atoms with van der Waals surface area (Å²) >= 11 is 0. The molecule has 3 heteroatoms. The molecule has 0 atom stereocenters. The monoisotopic (exact) mass is 303 g/mol. The van der Waals surface area contributed by atoms with Crippen molar-refractivity contribution in [2.24, 2.45) is 0 Å². The molecular formula is C20H17NO2. The van der Waals surface area contributed by atoms with Crippen LogP contribution in [0, 0.1) is 6.92 Å². The van der Waals surface area contributed by atoms with Crippen molar-refractivity contribution >= 4 is 11.6 Å². The van der Waals surface area contributed by atoms with Crippen molar-refractivity contribution in [3.8, 4) is 11.5 Å². The fraction of sp³-hybridized carbons (Fsp3) is 0.0500. The van der Waals surface area contributed by atoms with Crippen LogP contribution in [-0.2, 0) is 0 Å². The van der Waals surface area contributed by atoms with Crippen molar-refractivity contribution in [1.29, 1.82) is 0 Å². The van der Waals surface area contributed by atoms with Crippen LogP contribution in [0.1, 0.15) is 15.9 Å². The third-order valence-electron chi connectivity index (χ3n) is 3.40. The molecule has 1 amide bonds. The summed E-state index contributed by atoms with van der Waals surface area (Å²) in [4.78, 5) is 12.1. The number of ether oxygens (including phenoxy) is 1. The number of aryl methyl sites for hydroxylation is 1. The Morgan fingerprint density at radius 1 is 0.783 bits per heavy atom. The molecule has 0 aliphatic carbocycles. The maximum Gasteiger partial charge on any atom is 0.255 e. The first kappa shape index (κ1) is 14.9. The lowest BCUT2D eigenvalue weighted by molar-refractivity contribution is 0.102. The van der Waals surface area contributed by atoms with E-state index in [4.69, 9.17) is 4.74 Å². The molecule has 0 aliphatic heterocycles. The van der Waals surface area contributed by atoms with Gasteiger partial charge < -0.3 is 10.1 Å². The Kier molecular flexibility index (Phi) is 4.39. The molecule has 23 heavy (non-hydrogen) atoms.